The minimum atomic E-state index is -0.350. The Morgan fingerprint density at radius 1 is 1.60 bits per heavy atom. The molecule has 4 unspecified atom stereocenters. The van der Waals surface area contributed by atoms with Crippen molar-refractivity contribution in [2.45, 2.75) is 31.2 Å². The van der Waals surface area contributed by atoms with Crippen molar-refractivity contribution >= 4 is 0 Å². The van der Waals surface area contributed by atoms with Crippen LogP contribution in [0.1, 0.15) is 12.8 Å². The van der Waals surface area contributed by atoms with Crippen molar-refractivity contribution in [1.82, 2.24) is 0 Å². The summed E-state index contributed by atoms with van der Waals surface area (Å²) in [5.41, 5.74) is 0. The minimum Gasteiger partial charge on any atom is -0.389 e. The zero-order valence-corrected chi connectivity index (χ0v) is 5.86. The number of ether oxygens (including phenoxy) is 1. The maximum atomic E-state index is 9.36. The third-order valence-electron chi connectivity index (χ3n) is 2.51. The van der Waals surface area contributed by atoms with E-state index in [1.165, 1.54) is 0 Å². The highest BCUT2D eigenvalue weighted by atomic mass is 16.6. The molecule has 1 heterocycles. The molecule has 1 aliphatic heterocycles. The highest BCUT2D eigenvalue weighted by molar-refractivity contribution is 5.03. The fourth-order valence-electron chi connectivity index (χ4n) is 1.83. The average Bonchev–Trinajstić information content (AvgIpc) is 2.62. The maximum Gasteiger partial charge on any atom is 0.0897 e. The Morgan fingerprint density at radius 2 is 2.40 bits per heavy atom. The molecule has 2 rings (SSSR count). The van der Waals surface area contributed by atoms with Gasteiger partial charge in [0.05, 0.1) is 18.3 Å². The van der Waals surface area contributed by atoms with E-state index in [2.05, 4.69) is 6.58 Å². The van der Waals surface area contributed by atoms with Crippen LogP contribution in [-0.2, 0) is 4.74 Å². The van der Waals surface area contributed by atoms with Crippen molar-refractivity contribution in [3.8, 4) is 0 Å². The Bertz CT molecular complexity index is 155. The lowest BCUT2D eigenvalue weighted by Gasteiger charge is -2.13. The van der Waals surface area contributed by atoms with Crippen LogP contribution in [-0.4, -0.2) is 23.4 Å². The largest absolute Gasteiger partial charge is 0.389 e. The van der Waals surface area contributed by atoms with Gasteiger partial charge in [0.25, 0.3) is 0 Å². The summed E-state index contributed by atoms with van der Waals surface area (Å²) in [7, 11) is 0. The molecule has 2 fully saturated rings. The number of rotatable bonds is 2. The molecule has 1 aliphatic carbocycles. The van der Waals surface area contributed by atoms with Crippen LogP contribution in [0.5, 0.6) is 0 Å². The van der Waals surface area contributed by atoms with E-state index in [1.807, 2.05) is 0 Å². The zero-order valence-electron chi connectivity index (χ0n) is 5.86. The lowest BCUT2D eigenvalue weighted by Crippen LogP contribution is -2.20. The summed E-state index contributed by atoms with van der Waals surface area (Å²) in [6, 6.07) is 0. The second-order valence-corrected chi connectivity index (χ2v) is 3.11. The first-order chi connectivity index (χ1) is 4.83. The van der Waals surface area contributed by atoms with Crippen molar-refractivity contribution < 1.29 is 9.84 Å². The van der Waals surface area contributed by atoms with E-state index in [-0.39, 0.29) is 6.10 Å². The Morgan fingerprint density at radius 3 is 2.80 bits per heavy atom. The first-order valence-electron chi connectivity index (χ1n) is 3.79. The molecule has 4 atom stereocenters. The van der Waals surface area contributed by atoms with Crippen LogP contribution in [0.3, 0.4) is 0 Å². The normalized spacial score (nSPS) is 46.3. The molecular weight excluding hydrogens is 128 g/mol. The SMILES string of the molecule is C=CC(O)C1CCC2OC21. The fraction of sp³-hybridized carbons (Fsp3) is 0.750. The van der Waals surface area contributed by atoms with Crippen molar-refractivity contribution in [2.24, 2.45) is 5.92 Å². The summed E-state index contributed by atoms with van der Waals surface area (Å²) in [5, 5.41) is 9.36. The van der Waals surface area contributed by atoms with E-state index >= 15 is 0 Å². The molecule has 1 saturated heterocycles. The molecule has 0 aromatic heterocycles. The number of epoxide rings is 1. The molecule has 0 aromatic carbocycles. The molecule has 10 heavy (non-hydrogen) atoms. The molecule has 56 valence electrons. The van der Waals surface area contributed by atoms with Gasteiger partial charge in [0.15, 0.2) is 0 Å². The van der Waals surface area contributed by atoms with E-state index in [1.54, 1.807) is 6.08 Å². The zero-order chi connectivity index (χ0) is 7.14. The van der Waals surface area contributed by atoms with E-state index in [4.69, 9.17) is 4.74 Å². The summed E-state index contributed by atoms with van der Waals surface area (Å²) >= 11 is 0. The molecule has 2 nitrogen and oxygen atoms in total. The summed E-state index contributed by atoms with van der Waals surface area (Å²) in [6.45, 7) is 3.55. The van der Waals surface area contributed by atoms with Crippen LogP contribution < -0.4 is 0 Å². The Hall–Kier alpha value is -0.340. The van der Waals surface area contributed by atoms with Gasteiger partial charge in [0.2, 0.25) is 0 Å². The summed E-state index contributed by atoms with van der Waals surface area (Å²) < 4.78 is 5.28. The van der Waals surface area contributed by atoms with Crippen LogP contribution in [0.25, 0.3) is 0 Å². The number of hydrogen-bond acceptors (Lipinski definition) is 2. The van der Waals surface area contributed by atoms with Gasteiger partial charge >= 0.3 is 0 Å². The smallest absolute Gasteiger partial charge is 0.0897 e. The van der Waals surface area contributed by atoms with Gasteiger partial charge in [-0.05, 0) is 12.8 Å². The van der Waals surface area contributed by atoms with Crippen LogP contribution in [0.4, 0.5) is 0 Å². The number of hydrogen-bond donors (Lipinski definition) is 1. The minimum absolute atomic E-state index is 0.336. The van der Waals surface area contributed by atoms with Gasteiger partial charge in [-0.25, -0.2) is 0 Å². The van der Waals surface area contributed by atoms with Crippen molar-refractivity contribution in [1.29, 1.82) is 0 Å². The second kappa shape index (κ2) is 2.07. The molecule has 0 bridgehead atoms. The van der Waals surface area contributed by atoms with Gasteiger partial charge in [-0.2, -0.15) is 0 Å². The lowest BCUT2D eigenvalue weighted by atomic mass is 10.0. The molecule has 0 aromatic rings. The van der Waals surface area contributed by atoms with Gasteiger partial charge in [-0.1, -0.05) is 6.08 Å². The quantitative estimate of drug-likeness (QED) is 0.452. The second-order valence-electron chi connectivity index (χ2n) is 3.11. The van der Waals surface area contributed by atoms with Crippen LogP contribution in [0.2, 0.25) is 0 Å². The van der Waals surface area contributed by atoms with Crippen LogP contribution >= 0.6 is 0 Å². The average molecular weight is 140 g/mol. The molecular formula is C8H12O2. The third-order valence-corrected chi connectivity index (χ3v) is 2.51. The van der Waals surface area contributed by atoms with Gasteiger partial charge in [-0.15, -0.1) is 6.58 Å². The predicted molar refractivity (Wildman–Crippen MR) is 37.6 cm³/mol. The Balaban J connectivity index is 1.98. The van der Waals surface area contributed by atoms with E-state index in [9.17, 15) is 5.11 Å². The number of aliphatic hydroxyl groups is 1. The lowest BCUT2D eigenvalue weighted by molar-refractivity contribution is 0.118. The topological polar surface area (TPSA) is 32.8 Å². The molecule has 2 aliphatic rings. The summed E-state index contributed by atoms with van der Waals surface area (Å²) in [5.74, 6) is 0.336. The maximum absolute atomic E-state index is 9.36. The summed E-state index contributed by atoms with van der Waals surface area (Å²) in [6.07, 6.45) is 4.31. The van der Waals surface area contributed by atoms with Crippen LogP contribution in [0, 0.1) is 5.92 Å². The first-order valence-corrected chi connectivity index (χ1v) is 3.79. The van der Waals surface area contributed by atoms with Crippen molar-refractivity contribution in [3.63, 3.8) is 0 Å². The highest BCUT2D eigenvalue weighted by Crippen LogP contribution is 2.44. The third kappa shape index (κ3) is 0.796. The highest BCUT2D eigenvalue weighted by Gasteiger charge is 2.51. The number of aliphatic hydroxyl groups excluding tert-OH is 1. The molecule has 0 radical (unpaired) electrons. The number of fused-ring (bicyclic) bond motifs is 1. The monoisotopic (exact) mass is 140 g/mol. The Labute approximate surface area is 60.5 Å². The Kier molecular flexibility index (Phi) is 1.32. The van der Waals surface area contributed by atoms with Gasteiger partial charge in [-0.3, -0.25) is 0 Å². The molecule has 1 saturated carbocycles. The molecule has 1 N–H and O–H groups in total. The van der Waals surface area contributed by atoms with Crippen LogP contribution in [0.15, 0.2) is 12.7 Å². The first kappa shape index (κ1) is 6.38. The molecule has 2 heteroatoms. The van der Waals surface area contributed by atoms with Crippen molar-refractivity contribution in [2.75, 3.05) is 0 Å². The molecule has 0 spiro atoms. The van der Waals surface area contributed by atoms with E-state index in [0.717, 1.165) is 12.8 Å². The van der Waals surface area contributed by atoms with Gasteiger partial charge in [0, 0.05) is 5.92 Å². The summed E-state index contributed by atoms with van der Waals surface area (Å²) in [4.78, 5) is 0. The fourth-order valence-corrected chi connectivity index (χ4v) is 1.83. The van der Waals surface area contributed by atoms with E-state index < -0.39 is 0 Å². The predicted octanol–water partition coefficient (Wildman–Crippen LogP) is 0.711. The van der Waals surface area contributed by atoms with Crippen molar-refractivity contribution in [3.05, 3.63) is 12.7 Å². The van der Waals surface area contributed by atoms with Gasteiger partial charge in [0.1, 0.15) is 0 Å². The van der Waals surface area contributed by atoms with E-state index in [0.29, 0.717) is 18.1 Å². The van der Waals surface area contributed by atoms with Gasteiger partial charge < -0.3 is 9.84 Å². The molecule has 0 amide bonds. The standard InChI is InChI=1S/C8H12O2/c1-2-6(9)5-3-4-7-8(5)10-7/h2,5-9H,1,3-4H2.